The maximum Gasteiger partial charge on any atom is 0.237 e. The van der Waals surface area contributed by atoms with Crippen LogP contribution in [0.4, 0.5) is 0 Å². The zero-order valence-corrected chi connectivity index (χ0v) is 14.0. The van der Waals surface area contributed by atoms with Crippen LogP contribution in [0, 0.1) is 0 Å². The number of likely N-dealkylation sites (N-methyl/N-ethyl adjacent to an activating group) is 1. The van der Waals surface area contributed by atoms with Crippen LogP contribution >= 0.6 is 0 Å². The number of carbonyl (C=O) groups excluding carboxylic acids is 2. The van der Waals surface area contributed by atoms with E-state index >= 15 is 0 Å². The standard InChI is InChI=1S/C15H29N3O3/c1-12(2)18(13(3)4)15(20)11-16(5)10-14(19)17-6-8-21-9-7-17/h12-13H,6-11H2,1-5H3. The predicted octanol–water partition coefficient (Wildman–Crippen LogP) is 0.422. The summed E-state index contributed by atoms with van der Waals surface area (Å²) in [5.41, 5.74) is 0. The highest BCUT2D eigenvalue weighted by Crippen LogP contribution is 2.06. The van der Waals surface area contributed by atoms with Crippen LogP contribution in [-0.2, 0) is 14.3 Å². The molecule has 0 radical (unpaired) electrons. The summed E-state index contributed by atoms with van der Waals surface area (Å²) >= 11 is 0. The largest absolute Gasteiger partial charge is 0.378 e. The summed E-state index contributed by atoms with van der Waals surface area (Å²) in [6.07, 6.45) is 0. The Hall–Kier alpha value is -1.14. The van der Waals surface area contributed by atoms with Gasteiger partial charge in [0, 0.05) is 25.2 Å². The highest BCUT2D eigenvalue weighted by molar-refractivity contribution is 5.81. The van der Waals surface area contributed by atoms with Crippen LogP contribution in [0.3, 0.4) is 0 Å². The van der Waals surface area contributed by atoms with Crippen molar-refractivity contribution in [2.24, 2.45) is 0 Å². The normalized spacial score (nSPS) is 15.9. The molecule has 0 aliphatic carbocycles. The van der Waals surface area contributed by atoms with Gasteiger partial charge in [0.2, 0.25) is 11.8 Å². The van der Waals surface area contributed by atoms with Crippen molar-refractivity contribution in [1.29, 1.82) is 0 Å². The van der Waals surface area contributed by atoms with Crippen LogP contribution in [0.5, 0.6) is 0 Å². The van der Waals surface area contributed by atoms with Crippen LogP contribution in [0.2, 0.25) is 0 Å². The first-order valence-corrected chi connectivity index (χ1v) is 7.68. The first-order chi connectivity index (χ1) is 9.82. The fraction of sp³-hybridized carbons (Fsp3) is 0.867. The summed E-state index contributed by atoms with van der Waals surface area (Å²) in [4.78, 5) is 29.9. The van der Waals surface area contributed by atoms with E-state index in [2.05, 4.69) is 0 Å². The van der Waals surface area contributed by atoms with E-state index in [0.29, 0.717) is 26.3 Å². The van der Waals surface area contributed by atoms with Gasteiger partial charge in [-0.1, -0.05) is 0 Å². The molecule has 1 rings (SSSR count). The molecule has 1 aliphatic heterocycles. The van der Waals surface area contributed by atoms with Gasteiger partial charge >= 0.3 is 0 Å². The van der Waals surface area contributed by atoms with Crippen molar-refractivity contribution in [2.75, 3.05) is 46.4 Å². The third kappa shape index (κ3) is 5.63. The summed E-state index contributed by atoms with van der Waals surface area (Å²) in [6, 6.07) is 0.335. The highest BCUT2D eigenvalue weighted by atomic mass is 16.5. The number of morpholine rings is 1. The number of hydrogen-bond acceptors (Lipinski definition) is 4. The highest BCUT2D eigenvalue weighted by Gasteiger charge is 2.23. The monoisotopic (exact) mass is 299 g/mol. The van der Waals surface area contributed by atoms with Gasteiger partial charge in [-0.05, 0) is 34.7 Å². The average Bonchev–Trinajstić information content (AvgIpc) is 2.38. The van der Waals surface area contributed by atoms with E-state index in [-0.39, 0.29) is 37.0 Å². The van der Waals surface area contributed by atoms with Crippen LogP contribution in [-0.4, -0.2) is 85.0 Å². The molecule has 0 aromatic carbocycles. The van der Waals surface area contributed by atoms with Crippen LogP contribution in [0.15, 0.2) is 0 Å². The Kier molecular flexibility index (Phi) is 7.11. The second-order valence-corrected chi connectivity index (χ2v) is 6.15. The van der Waals surface area contributed by atoms with Crippen molar-refractivity contribution < 1.29 is 14.3 Å². The van der Waals surface area contributed by atoms with Crippen LogP contribution in [0.1, 0.15) is 27.7 Å². The van der Waals surface area contributed by atoms with Crippen LogP contribution in [0.25, 0.3) is 0 Å². The van der Waals surface area contributed by atoms with Gasteiger partial charge in [0.05, 0.1) is 26.3 Å². The minimum Gasteiger partial charge on any atom is -0.378 e. The molecule has 0 atom stereocenters. The summed E-state index contributed by atoms with van der Waals surface area (Å²) in [5, 5.41) is 0. The Balaban J connectivity index is 2.46. The Morgan fingerprint density at radius 2 is 1.57 bits per heavy atom. The minimum atomic E-state index is 0.0641. The van der Waals surface area contributed by atoms with E-state index < -0.39 is 0 Å². The van der Waals surface area contributed by atoms with Crippen molar-refractivity contribution in [2.45, 2.75) is 39.8 Å². The molecular formula is C15H29N3O3. The van der Waals surface area contributed by atoms with Gasteiger partial charge < -0.3 is 14.5 Å². The Labute approximate surface area is 128 Å². The number of rotatable bonds is 6. The lowest BCUT2D eigenvalue weighted by molar-refractivity contribution is -0.139. The summed E-state index contributed by atoms with van der Waals surface area (Å²) in [6.45, 7) is 11.1. The molecule has 1 heterocycles. The van der Waals surface area contributed by atoms with Gasteiger partial charge in [0.25, 0.3) is 0 Å². The van der Waals surface area contributed by atoms with Crippen molar-refractivity contribution in [3.8, 4) is 0 Å². The maximum absolute atomic E-state index is 12.3. The van der Waals surface area contributed by atoms with Gasteiger partial charge in [-0.3, -0.25) is 14.5 Å². The lowest BCUT2D eigenvalue weighted by Gasteiger charge is -2.33. The quantitative estimate of drug-likeness (QED) is 0.713. The number of hydrogen-bond donors (Lipinski definition) is 0. The van der Waals surface area contributed by atoms with Crippen molar-refractivity contribution >= 4 is 11.8 Å². The molecule has 1 fully saturated rings. The number of amides is 2. The van der Waals surface area contributed by atoms with E-state index in [4.69, 9.17) is 4.74 Å². The van der Waals surface area contributed by atoms with Gasteiger partial charge in [0.1, 0.15) is 0 Å². The Morgan fingerprint density at radius 1 is 1.05 bits per heavy atom. The van der Waals surface area contributed by atoms with E-state index in [1.165, 1.54) is 0 Å². The fourth-order valence-electron chi connectivity index (χ4n) is 2.68. The lowest BCUT2D eigenvalue weighted by Crippen LogP contribution is -2.49. The molecule has 2 amide bonds. The molecule has 0 unspecified atom stereocenters. The molecule has 0 aromatic rings. The van der Waals surface area contributed by atoms with E-state index in [1.54, 1.807) is 9.80 Å². The molecule has 21 heavy (non-hydrogen) atoms. The molecule has 6 nitrogen and oxygen atoms in total. The first kappa shape index (κ1) is 17.9. The number of ether oxygens (including phenoxy) is 1. The molecule has 6 heteroatoms. The Bertz CT molecular complexity index is 344. The predicted molar refractivity (Wildman–Crippen MR) is 82.0 cm³/mol. The SMILES string of the molecule is CC(C)N(C(=O)CN(C)CC(=O)N1CCOCC1)C(C)C. The molecule has 1 saturated heterocycles. The topological polar surface area (TPSA) is 53.1 Å². The number of carbonyl (C=O) groups is 2. The molecular weight excluding hydrogens is 270 g/mol. The van der Waals surface area contributed by atoms with Gasteiger partial charge in [0.15, 0.2) is 0 Å². The third-order valence-electron chi connectivity index (χ3n) is 3.57. The number of nitrogens with zero attached hydrogens (tertiary/aromatic N) is 3. The van der Waals surface area contributed by atoms with Crippen molar-refractivity contribution in [3.05, 3.63) is 0 Å². The van der Waals surface area contributed by atoms with E-state index in [1.807, 2.05) is 39.6 Å². The molecule has 122 valence electrons. The van der Waals surface area contributed by atoms with E-state index in [9.17, 15) is 9.59 Å². The summed E-state index contributed by atoms with van der Waals surface area (Å²) in [7, 11) is 1.81. The minimum absolute atomic E-state index is 0.0641. The zero-order chi connectivity index (χ0) is 16.0. The second-order valence-electron chi connectivity index (χ2n) is 6.15. The third-order valence-corrected chi connectivity index (χ3v) is 3.57. The van der Waals surface area contributed by atoms with Gasteiger partial charge in [-0.2, -0.15) is 0 Å². The molecule has 0 spiro atoms. The lowest BCUT2D eigenvalue weighted by atomic mass is 10.2. The molecule has 1 aliphatic rings. The summed E-state index contributed by atoms with van der Waals surface area (Å²) < 4.78 is 5.24. The van der Waals surface area contributed by atoms with Crippen molar-refractivity contribution in [3.63, 3.8) is 0 Å². The molecule has 0 N–H and O–H groups in total. The molecule has 0 aromatic heterocycles. The smallest absolute Gasteiger partial charge is 0.237 e. The van der Waals surface area contributed by atoms with Crippen LogP contribution < -0.4 is 0 Å². The maximum atomic E-state index is 12.3. The van der Waals surface area contributed by atoms with Gasteiger partial charge in [-0.25, -0.2) is 0 Å². The molecule has 0 bridgehead atoms. The second kappa shape index (κ2) is 8.34. The average molecular weight is 299 g/mol. The molecule has 0 saturated carbocycles. The van der Waals surface area contributed by atoms with Gasteiger partial charge in [-0.15, -0.1) is 0 Å². The van der Waals surface area contributed by atoms with E-state index in [0.717, 1.165) is 0 Å². The Morgan fingerprint density at radius 3 is 2.05 bits per heavy atom. The zero-order valence-electron chi connectivity index (χ0n) is 14.0. The van der Waals surface area contributed by atoms with Crippen molar-refractivity contribution in [1.82, 2.24) is 14.7 Å². The first-order valence-electron chi connectivity index (χ1n) is 7.68. The fourth-order valence-corrected chi connectivity index (χ4v) is 2.68. The summed E-state index contributed by atoms with van der Waals surface area (Å²) in [5.74, 6) is 0.131.